The van der Waals surface area contributed by atoms with Gasteiger partial charge in [0.1, 0.15) is 10.2 Å². The smallest absolute Gasteiger partial charge is 0.126 e. The molecule has 2 nitrogen and oxygen atoms in total. The SMILES string of the molecule is NCC(Nc1cc(F)cc(Cl)c1)c1cc(Br)c(Cl)s1. The molecule has 0 amide bonds. The molecule has 102 valence electrons. The highest BCUT2D eigenvalue weighted by molar-refractivity contribution is 9.10. The van der Waals surface area contributed by atoms with E-state index in [1.807, 2.05) is 6.07 Å². The zero-order valence-electron chi connectivity index (χ0n) is 9.59. The van der Waals surface area contributed by atoms with Crippen molar-refractivity contribution in [2.24, 2.45) is 5.73 Å². The minimum atomic E-state index is -0.392. The Bertz CT molecular complexity index is 551. The Morgan fingerprint density at radius 2 is 2.05 bits per heavy atom. The average Bonchev–Trinajstić information content (AvgIpc) is 2.65. The van der Waals surface area contributed by atoms with Crippen LogP contribution in [0.15, 0.2) is 28.7 Å². The zero-order valence-corrected chi connectivity index (χ0v) is 13.5. The maximum atomic E-state index is 13.3. The number of hydrogen-bond acceptors (Lipinski definition) is 3. The van der Waals surface area contributed by atoms with E-state index in [0.29, 0.717) is 21.6 Å². The molecule has 2 rings (SSSR count). The Balaban J connectivity index is 2.23. The summed E-state index contributed by atoms with van der Waals surface area (Å²) in [6, 6.07) is 6.03. The molecule has 0 saturated heterocycles. The fourth-order valence-electron chi connectivity index (χ4n) is 1.62. The lowest BCUT2D eigenvalue weighted by Gasteiger charge is -2.17. The van der Waals surface area contributed by atoms with Crippen LogP contribution in [0.5, 0.6) is 0 Å². The van der Waals surface area contributed by atoms with E-state index >= 15 is 0 Å². The largest absolute Gasteiger partial charge is 0.376 e. The Labute approximate surface area is 132 Å². The third kappa shape index (κ3) is 3.83. The maximum absolute atomic E-state index is 13.3. The van der Waals surface area contributed by atoms with Gasteiger partial charge in [0.2, 0.25) is 0 Å². The zero-order chi connectivity index (χ0) is 14.0. The van der Waals surface area contributed by atoms with Crippen LogP contribution < -0.4 is 11.1 Å². The van der Waals surface area contributed by atoms with Crippen molar-refractivity contribution in [2.45, 2.75) is 6.04 Å². The first-order chi connectivity index (χ1) is 8.99. The fraction of sp³-hybridized carbons (Fsp3) is 0.167. The average molecular weight is 384 g/mol. The van der Waals surface area contributed by atoms with Gasteiger partial charge >= 0.3 is 0 Å². The van der Waals surface area contributed by atoms with Crippen LogP contribution in [-0.4, -0.2) is 6.54 Å². The summed E-state index contributed by atoms with van der Waals surface area (Å²) in [5.74, 6) is -0.392. The van der Waals surface area contributed by atoms with E-state index in [4.69, 9.17) is 28.9 Å². The first-order valence-electron chi connectivity index (χ1n) is 5.37. The molecule has 0 saturated carbocycles. The van der Waals surface area contributed by atoms with Crippen LogP contribution in [0, 0.1) is 5.82 Å². The summed E-state index contributed by atoms with van der Waals surface area (Å²) in [7, 11) is 0. The molecule has 1 heterocycles. The highest BCUT2D eigenvalue weighted by atomic mass is 79.9. The van der Waals surface area contributed by atoms with Crippen molar-refractivity contribution in [1.82, 2.24) is 0 Å². The van der Waals surface area contributed by atoms with Gasteiger partial charge in [-0.2, -0.15) is 0 Å². The van der Waals surface area contributed by atoms with Crippen LogP contribution in [0.2, 0.25) is 9.36 Å². The quantitative estimate of drug-likeness (QED) is 0.773. The van der Waals surface area contributed by atoms with E-state index in [-0.39, 0.29) is 6.04 Å². The van der Waals surface area contributed by atoms with E-state index in [2.05, 4.69) is 21.2 Å². The molecule has 2 aromatic rings. The number of thiophene rings is 1. The lowest BCUT2D eigenvalue weighted by Crippen LogP contribution is -2.19. The lowest BCUT2D eigenvalue weighted by molar-refractivity contribution is 0.628. The molecule has 0 aliphatic heterocycles. The number of rotatable bonds is 4. The summed E-state index contributed by atoms with van der Waals surface area (Å²) in [5.41, 5.74) is 6.33. The highest BCUT2D eigenvalue weighted by Crippen LogP contribution is 2.36. The monoisotopic (exact) mass is 382 g/mol. The summed E-state index contributed by atoms with van der Waals surface area (Å²) in [5, 5.41) is 3.49. The molecule has 0 aliphatic rings. The number of anilines is 1. The molecule has 19 heavy (non-hydrogen) atoms. The van der Waals surface area contributed by atoms with Gasteiger partial charge < -0.3 is 11.1 Å². The molecule has 1 atom stereocenters. The number of nitrogens with one attached hydrogen (secondary N) is 1. The molecule has 0 fully saturated rings. The maximum Gasteiger partial charge on any atom is 0.126 e. The molecular formula is C12H10BrCl2FN2S. The molecule has 0 spiro atoms. The van der Waals surface area contributed by atoms with Crippen LogP contribution in [0.4, 0.5) is 10.1 Å². The Kier molecular flexibility index (Phi) is 5.09. The summed E-state index contributed by atoms with van der Waals surface area (Å²) < 4.78 is 14.8. The van der Waals surface area contributed by atoms with Crippen molar-refractivity contribution in [3.8, 4) is 0 Å². The van der Waals surface area contributed by atoms with Crippen molar-refractivity contribution in [1.29, 1.82) is 0 Å². The van der Waals surface area contributed by atoms with Gasteiger partial charge in [0.25, 0.3) is 0 Å². The van der Waals surface area contributed by atoms with Gasteiger partial charge in [0.15, 0.2) is 0 Å². The first kappa shape index (κ1) is 15.1. The van der Waals surface area contributed by atoms with Crippen molar-refractivity contribution in [3.63, 3.8) is 0 Å². The summed E-state index contributed by atoms with van der Waals surface area (Å²) in [4.78, 5) is 0.972. The predicted octanol–water partition coefficient (Wildman–Crippen LogP) is 5.07. The topological polar surface area (TPSA) is 38.0 Å². The third-order valence-corrected chi connectivity index (χ3v) is 5.25. The second-order valence-corrected chi connectivity index (χ2v) is 6.84. The standard InChI is InChI=1S/C12H10BrCl2FN2S/c13-9-4-11(19-12(9)15)10(5-17)18-8-2-6(14)1-7(16)3-8/h1-4,10,18H,5,17H2. The van der Waals surface area contributed by atoms with Gasteiger partial charge in [-0.1, -0.05) is 23.2 Å². The molecule has 3 N–H and O–H groups in total. The minimum Gasteiger partial charge on any atom is -0.376 e. The second kappa shape index (κ2) is 6.41. The normalized spacial score (nSPS) is 12.5. The summed E-state index contributed by atoms with van der Waals surface area (Å²) >= 11 is 16.6. The van der Waals surface area contributed by atoms with Gasteiger partial charge in [-0.15, -0.1) is 11.3 Å². The molecule has 1 aromatic heterocycles. The molecule has 0 bridgehead atoms. The number of hydrogen-bond donors (Lipinski definition) is 2. The minimum absolute atomic E-state index is 0.147. The Morgan fingerprint density at radius 1 is 1.32 bits per heavy atom. The van der Waals surface area contributed by atoms with Gasteiger partial charge in [-0.05, 0) is 40.2 Å². The van der Waals surface area contributed by atoms with E-state index in [0.717, 1.165) is 9.35 Å². The molecule has 0 radical (unpaired) electrons. The molecule has 1 aromatic carbocycles. The fourth-order valence-corrected chi connectivity index (χ4v) is 3.64. The predicted molar refractivity (Wildman–Crippen MR) is 83.9 cm³/mol. The van der Waals surface area contributed by atoms with Crippen LogP contribution in [0.1, 0.15) is 10.9 Å². The van der Waals surface area contributed by atoms with E-state index in [1.54, 1.807) is 6.07 Å². The van der Waals surface area contributed by atoms with Crippen LogP contribution in [-0.2, 0) is 0 Å². The van der Waals surface area contributed by atoms with Crippen molar-refractivity contribution in [3.05, 3.63) is 48.8 Å². The highest BCUT2D eigenvalue weighted by Gasteiger charge is 2.15. The lowest BCUT2D eigenvalue weighted by atomic mass is 10.2. The molecule has 0 aliphatic carbocycles. The molecule has 7 heteroatoms. The van der Waals surface area contributed by atoms with Crippen molar-refractivity contribution in [2.75, 3.05) is 11.9 Å². The van der Waals surface area contributed by atoms with Gasteiger partial charge in [-0.3, -0.25) is 0 Å². The second-order valence-electron chi connectivity index (χ2n) is 3.86. The number of halogens is 4. The third-order valence-electron chi connectivity index (χ3n) is 2.45. The molecular weight excluding hydrogens is 374 g/mol. The van der Waals surface area contributed by atoms with Crippen molar-refractivity contribution >= 4 is 56.2 Å². The van der Waals surface area contributed by atoms with E-state index in [1.165, 1.54) is 23.5 Å². The Morgan fingerprint density at radius 3 is 2.58 bits per heavy atom. The van der Waals surface area contributed by atoms with Crippen LogP contribution in [0.25, 0.3) is 0 Å². The van der Waals surface area contributed by atoms with E-state index < -0.39 is 5.82 Å². The van der Waals surface area contributed by atoms with Gasteiger partial charge in [0, 0.05) is 26.6 Å². The van der Waals surface area contributed by atoms with Gasteiger partial charge in [-0.25, -0.2) is 4.39 Å². The van der Waals surface area contributed by atoms with Crippen molar-refractivity contribution < 1.29 is 4.39 Å². The Hall–Kier alpha value is -0.330. The van der Waals surface area contributed by atoms with Crippen LogP contribution in [0.3, 0.4) is 0 Å². The van der Waals surface area contributed by atoms with Gasteiger partial charge in [0.05, 0.1) is 6.04 Å². The molecule has 1 unspecified atom stereocenters. The number of nitrogens with two attached hydrogens (primary N) is 1. The van der Waals surface area contributed by atoms with Crippen LogP contribution >= 0.6 is 50.5 Å². The summed E-state index contributed by atoms with van der Waals surface area (Å²) in [6.07, 6.45) is 0. The first-order valence-corrected chi connectivity index (χ1v) is 7.73. The van der Waals surface area contributed by atoms with E-state index in [9.17, 15) is 4.39 Å². The summed E-state index contributed by atoms with van der Waals surface area (Å²) in [6.45, 7) is 0.359. The number of benzene rings is 1.